The highest BCUT2D eigenvalue weighted by Crippen LogP contribution is 2.23. The summed E-state index contributed by atoms with van der Waals surface area (Å²) in [5.74, 6) is -0.785. The zero-order valence-electron chi connectivity index (χ0n) is 45.7. The Hall–Kier alpha value is -2.24. The van der Waals surface area contributed by atoms with Gasteiger partial charge in [0.15, 0.2) is 5.54 Å². The number of hydrogen-bond donors (Lipinski definition) is 0. The number of quaternary nitrogens is 1. The van der Waals surface area contributed by atoms with E-state index in [2.05, 4.69) is 78.4 Å². The Balaban J connectivity index is 0. The van der Waals surface area contributed by atoms with Crippen LogP contribution in [0.2, 0.25) is 0 Å². The molecule has 69 heavy (non-hydrogen) atoms. The third-order valence-corrected chi connectivity index (χ3v) is 12.6. The number of rotatable bonds is 52. The van der Waals surface area contributed by atoms with Crippen LogP contribution in [-0.2, 0) is 42.8 Å². The standard InChI is InChI=1S/C58H108NO9.ClH/c1-7-10-13-16-19-22-25-28-31-34-37-40-46-66-55(60)43-49-63-52-58(59(4,5)6,53-64-50-44-56(61)67-47-41-38-35-32-29-26-23-20-17-14-11-8-2)54-65-51-45-57(62)68-48-42-39-36-33-30-27-24-21-18-15-12-9-3;/h16-21H,7-15,22-54H2,1-6H3;1H/q+1;/p-1/b19-16-,20-17?,21-18?;. The molecule has 0 heterocycles. The smallest absolute Gasteiger partial charge is 0.308 e. The third-order valence-electron chi connectivity index (χ3n) is 12.6. The van der Waals surface area contributed by atoms with Crippen molar-refractivity contribution in [1.29, 1.82) is 0 Å². The average Bonchev–Trinajstić information content (AvgIpc) is 3.31. The minimum atomic E-state index is -0.681. The van der Waals surface area contributed by atoms with Crippen LogP contribution in [0.15, 0.2) is 36.5 Å². The Bertz CT molecular complexity index is 1100. The number of hydrogen-bond acceptors (Lipinski definition) is 9. The highest BCUT2D eigenvalue weighted by molar-refractivity contribution is 5.70. The van der Waals surface area contributed by atoms with Crippen LogP contribution in [0, 0.1) is 0 Å². The zero-order chi connectivity index (χ0) is 49.9. The van der Waals surface area contributed by atoms with E-state index in [-0.39, 0.29) is 89.2 Å². The molecule has 0 N–H and O–H groups in total. The Morgan fingerprint density at radius 2 is 0.580 bits per heavy atom. The quantitative estimate of drug-likeness (QED) is 0.0194. The topological polar surface area (TPSA) is 107 Å². The van der Waals surface area contributed by atoms with Crippen LogP contribution in [0.25, 0.3) is 0 Å². The normalized spacial score (nSPS) is 12.8. The van der Waals surface area contributed by atoms with Crippen molar-refractivity contribution in [2.75, 3.05) is 80.6 Å². The highest BCUT2D eigenvalue weighted by Gasteiger charge is 2.44. The summed E-state index contributed by atoms with van der Waals surface area (Å²) in [5.41, 5.74) is -0.681. The second-order valence-electron chi connectivity index (χ2n) is 19.9. The summed E-state index contributed by atoms with van der Waals surface area (Å²) in [6, 6.07) is 0. The maximum absolute atomic E-state index is 12.6. The minimum Gasteiger partial charge on any atom is -1.00 e. The predicted octanol–water partition coefficient (Wildman–Crippen LogP) is 11.7. The monoisotopic (exact) mass is 998 g/mol. The summed E-state index contributed by atoms with van der Waals surface area (Å²) in [4.78, 5) is 37.7. The minimum absolute atomic E-state index is 0. The van der Waals surface area contributed by atoms with E-state index in [9.17, 15) is 14.4 Å². The molecule has 0 radical (unpaired) electrons. The number of carbonyl (C=O) groups is 3. The van der Waals surface area contributed by atoms with Gasteiger partial charge in [-0.15, -0.1) is 0 Å². The number of ether oxygens (including phenoxy) is 6. The second-order valence-corrected chi connectivity index (χ2v) is 19.9. The SMILES string of the molecule is CCCCC=CCCCCCCCCOC(=O)CCOCC(COCCC(=O)OCCCCCCCCC=CCCCC)(COCCC(=O)OCCCCCCCC/C=C\CCCC)[N+](C)(C)C.[Cl-]. The second kappa shape index (κ2) is 52.1. The van der Waals surface area contributed by atoms with Gasteiger partial charge >= 0.3 is 17.9 Å². The van der Waals surface area contributed by atoms with Crippen LogP contribution in [-0.4, -0.2) is 109 Å². The van der Waals surface area contributed by atoms with E-state index in [1.807, 2.05) is 0 Å². The number of esters is 3. The number of halogens is 1. The Morgan fingerprint density at radius 3 is 0.826 bits per heavy atom. The maximum atomic E-state index is 12.6. The van der Waals surface area contributed by atoms with Crippen LogP contribution in [0.4, 0.5) is 0 Å². The molecule has 0 bridgehead atoms. The molecule has 0 unspecified atom stereocenters. The summed E-state index contributed by atoms with van der Waals surface area (Å²) in [6.45, 7) is 9.35. The summed E-state index contributed by atoms with van der Waals surface area (Å²) in [5, 5.41) is 0. The van der Waals surface area contributed by atoms with E-state index in [1.165, 1.54) is 135 Å². The fraction of sp³-hybridized carbons (Fsp3) is 0.845. The van der Waals surface area contributed by atoms with Gasteiger partial charge in [-0.1, -0.05) is 173 Å². The number of allylic oxidation sites excluding steroid dienone is 6. The van der Waals surface area contributed by atoms with E-state index >= 15 is 0 Å². The lowest BCUT2D eigenvalue weighted by atomic mass is 9.99. The first-order valence-corrected chi connectivity index (χ1v) is 28.1. The molecule has 0 aromatic carbocycles. The van der Waals surface area contributed by atoms with Gasteiger partial charge in [0.2, 0.25) is 0 Å². The van der Waals surface area contributed by atoms with E-state index in [0.717, 1.165) is 57.8 Å². The number of unbranched alkanes of at least 4 members (excludes halogenated alkanes) is 24. The van der Waals surface area contributed by atoms with Gasteiger partial charge in [-0.2, -0.15) is 0 Å². The lowest BCUT2D eigenvalue weighted by Gasteiger charge is -2.45. The summed E-state index contributed by atoms with van der Waals surface area (Å²) in [6.07, 6.45) is 49.5. The van der Waals surface area contributed by atoms with Gasteiger partial charge in [0.1, 0.15) is 19.8 Å². The first kappa shape index (κ1) is 68.8. The molecule has 0 saturated heterocycles. The Morgan fingerprint density at radius 1 is 0.348 bits per heavy atom. The van der Waals surface area contributed by atoms with Crippen molar-refractivity contribution in [1.82, 2.24) is 0 Å². The number of likely N-dealkylation sites (N-methyl/N-ethyl adjacent to an activating group) is 1. The van der Waals surface area contributed by atoms with E-state index in [4.69, 9.17) is 28.4 Å². The van der Waals surface area contributed by atoms with Gasteiger partial charge in [0.05, 0.1) is 80.0 Å². The molecule has 0 spiro atoms. The van der Waals surface area contributed by atoms with Crippen molar-refractivity contribution in [2.45, 2.75) is 238 Å². The lowest BCUT2D eigenvalue weighted by molar-refractivity contribution is -0.926. The van der Waals surface area contributed by atoms with Crippen molar-refractivity contribution < 1.29 is 59.7 Å². The van der Waals surface area contributed by atoms with Crippen LogP contribution in [0.3, 0.4) is 0 Å². The van der Waals surface area contributed by atoms with E-state index in [1.54, 1.807) is 0 Å². The first-order chi connectivity index (χ1) is 33.1. The maximum Gasteiger partial charge on any atom is 0.308 e. The van der Waals surface area contributed by atoms with Crippen molar-refractivity contribution in [2.24, 2.45) is 0 Å². The molecule has 0 atom stereocenters. The molecule has 0 saturated carbocycles. The molecule has 0 fully saturated rings. The molecule has 10 nitrogen and oxygen atoms in total. The fourth-order valence-electron chi connectivity index (χ4n) is 7.62. The fourth-order valence-corrected chi connectivity index (χ4v) is 7.62. The van der Waals surface area contributed by atoms with Gasteiger partial charge in [0, 0.05) is 0 Å². The Kier molecular flexibility index (Phi) is 52.0. The lowest BCUT2D eigenvalue weighted by Crippen LogP contribution is -3.00. The number of nitrogens with zero attached hydrogens (tertiary/aromatic N) is 1. The molecule has 0 amide bonds. The average molecular weight is 999 g/mol. The van der Waals surface area contributed by atoms with Gasteiger partial charge in [-0.05, 0) is 77.0 Å². The van der Waals surface area contributed by atoms with E-state index in [0.29, 0.717) is 24.3 Å². The van der Waals surface area contributed by atoms with Crippen LogP contribution < -0.4 is 12.4 Å². The summed E-state index contributed by atoms with van der Waals surface area (Å²) in [7, 11) is 6.15. The van der Waals surface area contributed by atoms with Crippen molar-refractivity contribution in [3.63, 3.8) is 0 Å². The van der Waals surface area contributed by atoms with E-state index < -0.39 is 5.54 Å². The molecule has 0 aromatic heterocycles. The molecule has 0 aliphatic rings. The highest BCUT2D eigenvalue weighted by atomic mass is 35.5. The number of carbonyl (C=O) groups excluding carboxylic acids is 3. The van der Waals surface area contributed by atoms with Gasteiger partial charge < -0.3 is 45.3 Å². The molecular weight excluding hydrogens is 890 g/mol. The molecule has 0 aliphatic carbocycles. The predicted molar refractivity (Wildman–Crippen MR) is 283 cm³/mol. The molecule has 0 rings (SSSR count). The van der Waals surface area contributed by atoms with Gasteiger partial charge in [0.25, 0.3) is 0 Å². The summed E-state index contributed by atoms with van der Waals surface area (Å²) >= 11 is 0. The van der Waals surface area contributed by atoms with Gasteiger partial charge in [-0.25, -0.2) is 0 Å². The van der Waals surface area contributed by atoms with Crippen LogP contribution >= 0.6 is 0 Å². The molecule has 0 aliphatic heterocycles. The molecular formula is C58H108ClNO9. The van der Waals surface area contributed by atoms with Crippen molar-refractivity contribution in [3.05, 3.63) is 36.5 Å². The largest absolute Gasteiger partial charge is 1.00 e. The Labute approximate surface area is 431 Å². The van der Waals surface area contributed by atoms with Crippen LogP contribution in [0.1, 0.15) is 233 Å². The van der Waals surface area contributed by atoms with Crippen molar-refractivity contribution >= 4 is 17.9 Å². The molecule has 11 heteroatoms. The zero-order valence-corrected chi connectivity index (χ0v) is 46.4. The van der Waals surface area contributed by atoms with Crippen LogP contribution in [0.5, 0.6) is 0 Å². The summed E-state index contributed by atoms with van der Waals surface area (Å²) < 4.78 is 35.5. The molecule has 406 valence electrons. The van der Waals surface area contributed by atoms with Gasteiger partial charge in [-0.3, -0.25) is 14.4 Å². The first-order valence-electron chi connectivity index (χ1n) is 28.1. The van der Waals surface area contributed by atoms with Crippen molar-refractivity contribution in [3.8, 4) is 0 Å². The molecule has 0 aromatic rings. The third kappa shape index (κ3) is 46.6.